The first kappa shape index (κ1) is 13.0. The number of thiazole rings is 1. The number of nitrogens with one attached hydrogen (secondary N) is 1. The predicted molar refractivity (Wildman–Crippen MR) is 70.2 cm³/mol. The van der Waals surface area contributed by atoms with E-state index in [4.69, 9.17) is 4.74 Å². The second-order valence-electron chi connectivity index (χ2n) is 3.76. The molecule has 1 aromatic heterocycles. The smallest absolute Gasteiger partial charge is 0.165 e. The maximum Gasteiger partial charge on any atom is 0.165 e. The largest absolute Gasteiger partial charge is 0.485 e. The monoisotopic (exact) mass is 266 g/mol. The van der Waals surface area contributed by atoms with Crippen molar-refractivity contribution >= 4 is 11.3 Å². The van der Waals surface area contributed by atoms with Crippen molar-refractivity contribution in [2.45, 2.75) is 20.1 Å². The molecule has 0 saturated heterocycles. The van der Waals surface area contributed by atoms with Crippen LogP contribution in [0.5, 0.6) is 5.75 Å². The van der Waals surface area contributed by atoms with E-state index in [1.54, 1.807) is 17.8 Å². The summed E-state index contributed by atoms with van der Waals surface area (Å²) < 4.78 is 19.3. The lowest BCUT2D eigenvalue weighted by Gasteiger charge is -2.11. The zero-order chi connectivity index (χ0) is 12.8. The zero-order valence-electron chi connectivity index (χ0n) is 10.1. The molecule has 0 fully saturated rings. The molecule has 3 nitrogen and oxygen atoms in total. The van der Waals surface area contributed by atoms with Gasteiger partial charge in [-0.05, 0) is 12.6 Å². The van der Waals surface area contributed by atoms with Crippen molar-refractivity contribution in [2.75, 3.05) is 6.54 Å². The van der Waals surface area contributed by atoms with Gasteiger partial charge in [0.2, 0.25) is 0 Å². The van der Waals surface area contributed by atoms with Gasteiger partial charge in [0.25, 0.3) is 0 Å². The van der Waals surface area contributed by atoms with Gasteiger partial charge in [-0.3, -0.25) is 4.98 Å². The lowest BCUT2D eigenvalue weighted by molar-refractivity contribution is 0.289. The van der Waals surface area contributed by atoms with E-state index in [9.17, 15) is 4.39 Å². The van der Waals surface area contributed by atoms with Crippen molar-refractivity contribution in [1.82, 2.24) is 10.3 Å². The summed E-state index contributed by atoms with van der Waals surface area (Å²) in [5.74, 6) is 0.00164. The van der Waals surface area contributed by atoms with Crippen LogP contribution in [0.3, 0.4) is 0 Å². The third kappa shape index (κ3) is 3.27. The number of rotatable bonds is 6. The summed E-state index contributed by atoms with van der Waals surface area (Å²) in [4.78, 5) is 4.94. The molecular formula is C13H15FN2OS. The number of hydrogen-bond acceptors (Lipinski definition) is 4. The first-order valence-electron chi connectivity index (χ1n) is 5.79. The summed E-state index contributed by atoms with van der Waals surface area (Å²) >= 11 is 1.50. The molecule has 0 bridgehead atoms. The van der Waals surface area contributed by atoms with Crippen LogP contribution in [0, 0.1) is 5.82 Å². The Morgan fingerprint density at radius 3 is 3.06 bits per heavy atom. The van der Waals surface area contributed by atoms with Crippen LogP contribution < -0.4 is 10.1 Å². The molecular weight excluding hydrogens is 251 g/mol. The van der Waals surface area contributed by atoms with E-state index >= 15 is 0 Å². The minimum absolute atomic E-state index is 0.324. The lowest BCUT2D eigenvalue weighted by Crippen LogP contribution is -2.13. The number of nitrogens with zero attached hydrogens (tertiary/aromatic N) is 1. The molecule has 5 heteroatoms. The van der Waals surface area contributed by atoms with Gasteiger partial charge in [-0.15, -0.1) is 11.3 Å². The summed E-state index contributed by atoms with van der Waals surface area (Å²) in [6.07, 6.45) is 1.73. The molecule has 1 heterocycles. The molecule has 1 N–H and O–H groups in total. The van der Waals surface area contributed by atoms with E-state index in [0.717, 1.165) is 17.0 Å². The summed E-state index contributed by atoms with van der Waals surface area (Å²) in [6.45, 7) is 3.80. The van der Waals surface area contributed by atoms with Crippen LogP contribution in [-0.4, -0.2) is 11.5 Å². The molecule has 0 saturated carbocycles. The molecule has 0 spiro atoms. The van der Waals surface area contributed by atoms with Crippen LogP contribution >= 0.6 is 11.3 Å². The molecule has 0 aliphatic heterocycles. The molecule has 0 radical (unpaired) electrons. The SMILES string of the molecule is CCNCc1cccc(F)c1OCc1cncs1. The summed E-state index contributed by atoms with van der Waals surface area (Å²) in [7, 11) is 0. The van der Waals surface area contributed by atoms with Crippen molar-refractivity contribution in [1.29, 1.82) is 0 Å². The highest BCUT2D eigenvalue weighted by Crippen LogP contribution is 2.24. The fraction of sp³-hybridized carbons (Fsp3) is 0.308. The molecule has 1 aromatic carbocycles. The van der Waals surface area contributed by atoms with Crippen molar-refractivity contribution in [2.24, 2.45) is 0 Å². The molecule has 0 aliphatic rings. The van der Waals surface area contributed by atoms with E-state index in [-0.39, 0.29) is 5.82 Å². The number of hydrogen-bond donors (Lipinski definition) is 1. The van der Waals surface area contributed by atoms with Gasteiger partial charge < -0.3 is 10.1 Å². The minimum Gasteiger partial charge on any atom is -0.485 e. The maximum atomic E-state index is 13.7. The third-order valence-electron chi connectivity index (χ3n) is 2.46. The Kier molecular flexibility index (Phi) is 4.66. The van der Waals surface area contributed by atoms with Gasteiger partial charge in [-0.25, -0.2) is 4.39 Å². The van der Waals surface area contributed by atoms with Gasteiger partial charge in [0, 0.05) is 18.3 Å². The van der Waals surface area contributed by atoms with Gasteiger partial charge in [0.05, 0.1) is 10.4 Å². The molecule has 0 amide bonds. The van der Waals surface area contributed by atoms with Crippen molar-refractivity contribution in [3.05, 3.63) is 46.2 Å². The lowest BCUT2D eigenvalue weighted by atomic mass is 10.2. The Balaban J connectivity index is 2.09. The average Bonchev–Trinajstić information content (AvgIpc) is 2.88. The fourth-order valence-corrected chi connectivity index (χ4v) is 2.08. The normalized spacial score (nSPS) is 10.6. The fourth-order valence-electron chi connectivity index (χ4n) is 1.57. The van der Waals surface area contributed by atoms with E-state index in [1.165, 1.54) is 17.4 Å². The number of para-hydroxylation sites is 1. The summed E-state index contributed by atoms with van der Waals surface area (Å²) in [5, 5.41) is 3.17. The quantitative estimate of drug-likeness (QED) is 0.873. The van der Waals surface area contributed by atoms with Gasteiger partial charge in [-0.2, -0.15) is 0 Å². The van der Waals surface area contributed by atoms with Crippen molar-refractivity contribution < 1.29 is 9.13 Å². The standard InChI is InChI=1S/C13H15FN2OS/c1-2-15-6-10-4-3-5-12(14)13(10)17-8-11-7-16-9-18-11/h3-5,7,9,15H,2,6,8H2,1H3. The number of aromatic nitrogens is 1. The molecule has 0 atom stereocenters. The predicted octanol–water partition coefficient (Wildman–Crippen LogP) is 2.97. The van der Waals surface area contributed by atoms with Crippen LogP contribution in [0.25, 0.3) is 0 Å². The minimum atomic E-state index is -0.324. The van der Waals surface area contributed by atoms with Crippen LogP contribution in [0.15, 0.2) is 29.9 Å². The Labute approximate surface area is 110 Å². The van der Waals surface area contributed by atoms with E-state index in [2.05, 4.69) is 10.3 Å². The molecule has 2 aromatic rings. The average molecular weight is 266 g/mol. The van der Waals surface area contributed by atoms with Gasteiger partial charge in [-0.1, -0.05) is 19.1 Å². The topological polar surface area (TPSA) is 34.1 Å². The van der Waals surface area contributed by atoms with Crippen LogP contribution in [-0.2, 0) is 13.2 Å². The van der Waals surface area contributed by atoms with E-state index in [0.29, 0.717) is 18.9 Å². The highest BCUT2D eigenvalue weighted by atomic mass is 32.1. The van der Waals surface area contributed by atoms with Crippen molar-refractivity contribution in [3.8, 4) is 5.75 Å². The zero-order valence-corrected chi connectivity index (χ0v) is 11.0. The molecule has 0 aliphatic carbocycles. The highest BCUT2D eigenvalue weighted by molar-refractivity contribution is 7.09. The summed E-state index contributed by atoms with van der Waals surface area (Å²) in [6, 6.07) is 4.98. The van der Waals surface area contributed by atoms with Crippen LogP contribution in [0.1, 0.15) is 17.4 Å². The van der Waals surface area contributed by atoms with E-state index < -0.39 is 0 Å². The first-order chi connectivity index (χ1) is 8.81. The van der Waals surface area contributed by atoms with Crippen LogP contribution in [0.4, 0.5) is 4.39 Å². The number of halogens is 1. The second kappa shape index (κ2) is 6.47. The number of ether oxygens (including phenoxy) is 1. The third-order valence-corrected chi connectivity index (χ3v) is 3.21. The Hall–Kier alpha value is -1.46. The second-order valence-corrected chi connectivity index (χ2v) is 4.74. The van der Waals surface area contributed by atoms with Gasteiger partial charge in [0.1, 0.15) is 6.61 Å². The maximum absolute atomic E-state index is 13.7. The van der Waals surface area contributed by atoms with E-state index in [1.807, 2.05) is 13.0 Å². The molecule has 0 unspecified atom stereocenters. The summed E-state index contributed by atoms with van der Waals surface area (Å²) in [5.41, 5.74) is 2.57. The molecule has 2 rings (SSSR count). The van der Waals surface area contributed by atoms with Gasteiger partial charge in [0.15, 0.2) is 11.6 Å². The highest BCUT2D eigenvalue weighted by Gasteiger charge is 2.10. The van der Waals surface area contributed by atoms with Crippen molar-refractivity contribution in [3.63, 3.8) is 0 Å². The Morgan fingerprint density at radius 2 is 2.33 bits per heavy atom. The Bertz CT molecular complexity index is 488. The van der Waals surface area contributed by atoms with Crippen LogP contribution in [0.2, 0.25) is 0 Å². The number of benzene rings is 1. The molecule has 96 valence electrons. The Morgan fingerprint density at radius 1 is 1.44 bits per heavy atom. The molecule has 18 heavy (non-hydrogen) atoms. The van der Waals surface area contributed by atoms with Gasteiger partial charge >= 0.3 is 0 Å². The first-order valence-corrected chi connectivity index (χ1v) is 6.67.